The van der Waals surface area contributed by atoms with Crippen molar-refractivity contribution in [2.45, 2.75) is 26.3 Å². The minimum atomic E-state index is -0.338. The number of hydrogen-bond acceptors (Lipinski definition) is 6. The third-order valence-electron chi connectivity index (χ3n) is 5.03. The predicted molar refractivity (Wildman–Crippen MR) is 123 cm³/mol. The molecule has 0 bridgehead atoms. The summed E-state index contributed by atoms with van der Waals surface area (Å²) in [5.74, 6) is 0.109. The molecule has 1 atom stereocenters. The highest BCUT2D eigenvalue weighted by molar-refractivity contribution is 7.15. The first kappa shape index (κ1) is 21.1. The van der Waals surface area contributed by atoms with Crippen molar-refractivity contribution in [3.8, 4) is 21.8 Å². The molecule has 31 heavy (non-hydrogen) atoms. The van der Waals surface area contributed by atoms with Gasteiger partial charge >= 0.3 is 0 Å². The molecule has 4 rings (SSSR count). The van der Waals surface area contributed by atoms with Crippen LogP contribution in [-0.4, -0.2) is 26.7 Å². The van der Waals surface area contributed by atoms with Crippen LogP contribution in [0.25, 0.3) is 21.8 Å². The highest BCUT2D eigenvalue weighted by Gasteiger charge is 2.19. The Labute approximate surface area is 184 Å². The molecule has 0 aliphatic carbocycles. The molecular weight excluding hydrogens is 411 g/mol. The van der Waals surface area contributed by atoms with E-state index in [2.05, 4.69) is 15.3 Å². The van der Waals surface area contributed by atoms with Crippen molar-refractivity contribution in [3.05, 3.63) is 82.7 Å². The number of halogens is 1. The molecule has 5 nitrogen and oxygen atoms in total. The Hall–Kier alpha value is -3.16. The van der Waals surface area contributed by atoms with Gasteiger partial charge in [-0.15, -0.1) is 11.3 Å². The van der Waals surface area contributed by atoms with Crippen molar-refractivity contribution in [2.24, 2.45) is 0 Å². The van der Waals surface area contributed by atoms with Crippen LogP contribution in [0.5, 0.6) is 0 Å². The van der Waals surface area contributed by atoms with Gasteiger partial charge in [-0.1, -0.05) is 48.5 Å². The van der Waals surface area contributed by atoms with Crippen LogP contribution in [0.15, 0.2) is 60.8 Å². The Bertz CT molecular complexity index is 1180. The molecule has 0 saturated heterocycles. The van der Waals surface area contributed by atoms with Gasteiger partial charge in [0.25, 0.3) is 0 Å². The fraction of sp³-hybridized carbons (Fsp3) is 0.208. The molecule has 0 saturated carbocycles. The lowest BCUT2D eigenvalue weighted by Gasteiger charge is -2.16. The van der Waals surface area contributed by atoms with Gasteiger partial charge in [0, 0.05) is 35.2 Å². The van der Waals surface area contributed by atoms with Gasteiger partial charge in [-0.05, 0) is 25.5 Å². The van der Waals surface area contributed by atoms with Gasteiger partial charge in [0.05, 0.1) is 11.7 Å². The Morgan fingerprint density at radius 1 is 1.03 bits per heavy atom. The van der Waals surface area contributed by atoms with Crippen LogP contribution in [-0.2, 0) is 6.42 Å². The summed E-state index contributed by atoms with van der Waals surface area (Å²) < 4.78 is 14.6. The van der Waals surface area contributed by atoms with Crippen molar-refractivity contribution < 1.29 is 9.50 Å². The maximum absolute atomic E-state index is 14.6. The first-order valence-corrected chi connectivity index (χ1v) is 10.9. The number of anilines is 1. The zero-order chi connectivity index (χ0) is 21.8. The van der Waals surface area contributed by atoms with Crippen LogP contribution in [0.2, 0.25) is 0 Å². The maximum atomic E-state index is 14.6. The Balaban J connectivity index is 1.78. The number of hydrogen-bond donors (Lipinski definition) is 2. The predicted octanol–water partition coefficient (Wildman–Crippen LogP) is 5.42. The number of aliphatic hydroxyl groups is 1. The maximum Gasteiger partial charge on any atom is 0.223 e. The van der Waals surface area contributed by atoms with E-state index in [1.54, 1.807) is 24.4 Å². The van der Waals surface area contributed by atoms with Crippen molar-refractivity contribution >= 4 is 17.3 Å². The zero-order valence-corrected chi connectivity index (χ0v) is 18.2. The second-order valence-electron chi connectivity index (χ2n) is 7.21. The van der Waals surface area contributed by atoms with E-state index in [1.807, 2.05) is 44.2 Å². The zero-order valence-electron chi connectivity index (χ0n) is 17.3. The highest BCUT2D eigenvalue weighted by Crippen LogP contribution is 2.36. The second-order valence-corrected chi connectivity index (χ2v) is 8.30. The Kier molecular flexibility index (Phi) is 6.34. The summed E-state index contributed by atoms with van der Waals surface area (Å²) in [5, 5.41) is 13.3. The van der Waals surface area contributed by atoms with Crippen LogP contribution < -0.4 is 5.32 Å². The topological polar surface area (TPSA) is 70.9 Å². The molecule has 158 valence electrons. The minimum absolute atomic E-state index is 0.00339. The molecule has 4 aromatic rings. The summed E-state index contributed by atoms with van der Waals surface area (Å²) >= 11 is 1.46. The van der Waals surface area contributed by atoms with E-state index in [0.29, 0.717) is 34.2 Å². The molecule has 2 aromatic carbocycles. The first-order chi connectivity index (χ1) is 15.1. The lowest BCUT2D eigenvalue weighted by atomic mass is 10.1. The van der Waals surface area contributed by atoms with E-state index in [9.17, 15) is 9.50 Å². The number of thiazole rings is 1. The fourth-order valence-electron chi connectivity index (χ4n) is 3.37. The second kappa shape index (κ2) is 9.32. The van der Waals surface area contributed by atoms with Crippen LogP contribution in [0.3, 0.4) is 0 Å². The lowest BCUT2D eigenvalue weighted by Crippen LogP contribution is -2.10. The number of benzene rings is 2. The fourth-order valence-corrected chi connectivity index (χ4v) is 4.43. The van der Waals surface area contributed by atoms with Crippen molar-refractivity contribution in [1.29, 1.82) is 0 Å². The molecule has 7 heteroatoms. The highest BCUT2D eigenvalue weighted by atomic mass is 32.1. The van der Waals surface area contributed by atoms with Gasteiger partial charge in [-0.2, -0.15) is 0 Å². The van der Waals surface area contributed by atoms with E-state index < -0.39 is 0 Å². The van der Waals surface area contributed by atoms with E-state index in [0.717, 1.165) is 16.1 Å². The van der Waals surface area contributed by atoms with Gasteiger partial charge in [0.15, 0.2) is 0 Å². The molecule has 2 heterocycles. The Morgan fingerprint density at radius 2 is 1.77 bits per heavy atom. The number of nitrogens with one attached hydrogen (secondary N) is 1. The summed E-state index contributed by atoms with van der Waals surface area (Å²) in [6, 6.07) is 16.6. The van der Waals surface area contributed by atoms with Gasteiger partial charge in [0.2, 0.25) is 5.95 Å². The summed E-state index contributed by atoms with van der Waals surface area (Å²) in [6.07, 6.45) is 2.17. The van der Waals surface area contributed by atoms with Crippen LogP contribution in [0.1, 0.15) is 29.1 Å². The lowest BCUT2D eigenvalue weighted by molar-refractivity contribution is 0.300. The van der Waals surface area contributed by atoms with E-state index >= 15 is 0 Å². The molecule has 0 amide bonds. The third-order valence-corrected chi connectivity index (χ3v) is 6.26. The van der Waals surface area contributed by atoms with Crippen LogP contribution in [0.4, 0.5) is 10.3 Å². The van der Waals surface area contributed by atoms with Gasteiger partial charge in [0.1, 0.15) is 16.5 Å². The molecule has 0 spiro atoms. The molecule has 0 unspecified atom stereocenters. The van der Waals surface area contributed by atoms with Crippen molar-refractivity contribution in [2.75, 3.05) is 11.9 Å². The summed E-state index contributed by atoms with van der Waals surface area (Å²) in [4.78, 5) is 14.8. The molecule has 0 aliphatic heterocycles. The number of aryl methyl sites for hydroxylation is 1. The quantitative estimate of drug-likeness (QED) is 0.406. The number of aliphatic hydroxyl groups excluding tert-OH is 1. The average molecular weight is 435 g/mol. The van der Waals surface area contributed by atoms with Gasteiger partial charge in [-0.25, -0.2) is 19.3 Å². The van der Waals surface area contributed by atoms with Crippen molar-refractivity contribution in [3.63, 3.8) is 0 Å². The average Bonchev–Trinajstić information content (AvgIpc) is 3.15. The van der Waals surface area contributed by atoms with Crippen LogP contribution >= 0.6 is 11.3 Å². The van der Waals surface area contributed by atoms with Gasteiger partial charge < -0.3 is 10.4 Å². The van der Waals surface area contributed by atoms with E-state index in [-0.39, 0.29) is 18.5 Å². The molecule has 2 N–H and O–H groups in total. The standard InChI is InChI=1S/C24H23FN4OS/c1-15(17-8-4-3-5-9-17)28-24-26-14-19(18-10-6-7-11-20(18)25)22(29-24)23-27-16(2)21(31-23)12-13-30/h3-11,14-15,30H,12-13H2,1-2H3,(H,26,28,29)/t15-/m1/s1. The molecular formula is C24H23FN4OS. The number of aromatic nitrogens is 3. The summed E-state index contributed by atoms with van der Waals surface area (Å²) in [6.45, 7) is 4.00. The van der Waals surface area contributed by atoms with E-state index in [4.69, 9.17) is 4.98 Å². The van der Waals surface area contributed by atoms with E-state index in [1.165, 1.54) is 17.4 Å². The number of rotatable bonds is 7. The normalized spacial score (nSPS) is 12.0. The molecule has 0 fully saturated rings. The van der Waals surface area contributed by atoms with Gasteiger partial charge in [-0.3, -0.25) is 0 Å². The third kappa shape index (κ3) is 4.62. The largest absolute Gasteiger partial charge is 0.396 e. The molecule has 2 aromatic heterocycles. The molecule has 0 aliphatic rings. The molecule has 0 radical (unpaired) electrons. The minimum Gasteiger partial charge on any atom is -0.396 e. The smallest absolute Gasteiger partial charge is 0.223 e. The SMILES string of the molecule is Cc1nc(-c2nc(N[C@H](C)c3ccccc3)ncc2-c2ccccc2F)sc1CCO. The summed E-state index contributed by atoms with van der Waals surface area (Å²) in [5.41, 5.74) is 3.54. The Morgan fingerprint density at radius 3 is 2.52 bits per heavy atom. The van der Waals surface area contributed by atoms with Crippen LogP contribution in [0, 0.1) is 12.7 Å². The monoisotopic (exact) mass is 434 g/mol. The first-order valence-electron chi connectivity index (χ1n) is 10.1. The van der Waals surface area contributed by atoms with Crippen molar-refractivity contribution in [1.82, 2.24) is 15.0 Å². The number of nitrogens with zero attached hydrogens (tertiary/aromatic N) is 3. The summed E-state index contributed by atoms with van der Waals surface area (Å²) in [7, 11) is 0.